The first-order valence-corrected chi connectivity index (χ1v) is 16.9. The van der Waals surface area contributed by atoms with Crippen LogP contribution in [-0.4, -0.2) is 83.2 Å². The summed E-state index contributed by atoms with van der Waals surface area (Å²) in [5.74, 6) is 2.34. The lowest BCUT2D eigenvalue weighted by atomic mass is 9.91. The summed E-state index contributed by atoms with van der Waals surface area (Å²) in [5.41, 5.74) is 10.9. The molecule has 0 radical (unpaired) electrons. The lowest BCUT2D eigenvalue weighted by Gasteiger charge is -2.38. The van der Waals surface area contributed by atoms with Gasteiger partial charge in [-0.05, 0) is 100 Å². The number of aromatic nitrogens is 3. The molecular weight excluding hydrogens is 568 g/mol. The fourth-order valence-electron chi connectivity index (χ4n) is 7.48. The van der Waals surface area contributed by atoms with Gasteiger partial charge in [0, 0.05) is 72.8 Å². The van der Waals surface area contributed by atoms with E-state index < -0.39 is 0 Å². The van der Waals surface area contributed by atoms with Crippen molar-refractivity contribution in [3.63, 3.8) is 0 Å². The quantitative estimate of drug-likeness (QED) is 0.189. The number of aromatic amines is 1. The van der Waals surface area contributed by atoms with Gasteiger partial charge in [-0.2, -0.15) is 0 Å². The van der Waals surface area contributed by atoms with Gasteiger partial charge in [0.15, 0.2) is 0 Å². The number of nitrogens with one attached hydrogen (secondary N) is 2. The Labute approximate surface area is 266 Å². The van der Waals surface area contributed by atoms with E-state index in [1.54, 1.807) is 6.20 Å². The summed E-state index contributed by atoms with van der Waals surface area (Å²) in [4.78, 5) is 20.6. The highest BCUT2D eigenvalue weighted by Crippen LogP contribution is 2.33. The van der Waals surface area contributed by atoms with Crippen LogP contribution in [0.1, 0.15) is 38.5 Å². The molecule has 0 aliphatic carbocycles. The second-order valence-corrected chi connectivity index (χ2v) is 13.5. The van der Waals surface area contributed by atoms with E-state index >= 15 is 0 Å². The molecule has 3 aliphatic rings. The van der Waals surface area contributed by atoms with Crippen molar-refractivity contribution in [2.75, 3.05) is 68.3 Å². The van der Waals surface area contributed by atoms with E-state index in [0.717, 1.165) is 72.3 Å². The Hall–Kier alpha value is -3.33. The molecule has 3 saturated heterocycles. The van der Waals surface area contributed by atoms with Crippen molar-refractivity contribution in [2.24, 2.45) is 11.8 Å². The van der Waals surface area contributed by atoms with Crippen LogP contribution < -0.4 is 16.0 Å². The fraction of sp³-hybridized carbons (Fsp3) is 0.486. The summed E-state index contributed by atoms with van der Waals surface area (Å²) in [6.45, 7) is 9.49. The zero-order valence-corrected chi connectivity index (χ0v) is 26.4. The molecule has 44 heavy (non-hydrogen) atoms. The number of rotatable bonds is 9. The van der Waals surface area contributed by atoms with Gasteiger partial charge in [0.25, 0.3) is 0 Å². The fourth-order valence-corrected chi connectivity index (χ4v) is 7.67. The molecule has 0 spiro atoms. The Morgan fingerprint density at radius 3 is 2.45 bits per heavy atom. The summed E-state index contributed by atoms with van der Waals surface area (Å²) in [7, 11) is 0. The molecule has 2 aromatic heterocycles. The number of anilines is 3. The van der Waals surface area contributed by atoms with Crippen molar-refractivity contribution in [2.45, 2.75) is 44.6 Å². The van der Waals surface area contributed by atoms with E-state index in [9.17, 15) is 0 Å². The van der Waals surface area contributed by atoms with E-state index in [4.69, 9.17) is 22.3 Å². The minimum absolute atomic E-state index is 0.361. The Bertz CT molecular complexity index is 1520. The van der Waals surface area contributed by atoms with Crippen LogP contribution >= 0.6 is 11.6 Å². The number of H-pyrrole nitrogens is 1. The minimum atomic E-state index is 0.361. The Morgan fingerprint density at radius 2 is 1.64 bits per heavy atom. The molecular formula is C35H45ClN8. The third-order valence-electron chi connectivity index (χ3n) is 10.1. The van der Waals surface area contributed by atoms with E-state index in [-0.39, 0.29) is 0 Å². The van der Waals surface area contributed by atoms with Gasteiger partial charge in [0.1, 0.15) is 0 Å². The first kappa shape index (κ1) is 29.4. The topological polar surface area (TPSA) is 89.3 Å². The van der Waals surface area contributed by atoms with Crippen LogP contribution in [-0.2, 0) is 0 Å². The minimum Gasteiger partial charge on any atom is -0.399 e. The molecule has 2 aromatic carbocycles. The van der Waals surface area contributed by atoms with Crippen LogP contribution in [0.5, 0.6) is 0 Å². The lowest BCUT2D eigenvalue weighted by Crippen LogP contribution is -2.42. The van der Waals surface area contributed by atoms with Crippen molar-refractivity contribution in [3.05, 3.63) is 65.9 Å². The number of likely N-dealkylation sites (tertiary alicyclic amines) is 2. The molecule has 8 nitrogen and oxygen atoms in total. The highest BCUT2D eigenvalue weighted by atomic mass is 35.5. The molecule has 0 unspecified atom stereocenters. The third kappa shape index (κ3) is 6.82. The van der Waals surface area contributed by atoms with Crippen LogP contribution in [0.2, 0.25) is 5.02 Å². The van der Waals surface area contributed by atoms with Crippen LogP contribution in [0.25, 0.3) is 22.2 Å². The average molecular weight is 613 g/mol. The number of para-hydroxylation sites is 1. The van der Waals surface area contributed by atoms with Crippen molar-refractivity contribution in [3.8, 4) is 11.3 Å². The van der Waals surface area contributed by atoms with Gasteiger partial charge < -0.3 is 30.7 Å². The average Bonchev–Trinajstić information content (AvgIpc) is 3.69. The summed E-state index contributed by atoms with van der Waals surface area (Å²) >= 11 is 6.55. The van der Waals surface area contributed by atoms with Gasteiger partial charge in [-0.25, -0.2) is 9.97 Å². The maximum absolute atomic E-state index is 6.55. The van der Waals surface area contributed by atoms with E-state index in [1.807, 2.05) is 30.5 Å². The number of nitrogens with two attached hydrogens (primary N) is 1. The standard InChI is InChI=1S/C35H45ClN8/c36-32-22-39-35(41-34(32)31-21-38-33-4-2-1-3-30(31)33)40-28-14-18-43(24-28)17-11-25-9-15-42(16-10-25)23-26-12-19-44(20-13-26)29-7-5-27(37)6-8-29/h1-8,21-22,25-26,28,38H,9-20,23-24,37H2,(H,39,40,41)/t28-/m1/s1. The molecule has 0 amide bonds. The summed E-state index contributed by atoms with van der Waals surface area (Å²) in [6.07, 6.45) is 11.4. The van der Waals surface area contributed by atoms with Gasteiger partial charge in [-0.1, -0.05) is 29.8 Å². The molecule has 3 aliphatic heterocycles. The van der Waals surface area contributed by atoms with E-state index in [2.05, 4.69) is 54.2 Å². The van der Waals surface area contributed by atoms with Gasteiger partial charge in [0.2, 0.25) is 5.95 Å². The molecule has 4 aromatic rings. The monoisotopic (exact) mass is 612 g/mol. The molecule has 0 bridgehead atoms. The van der Waals surface area contributed by atoms with Crippen LogP contribution in [0, 0.1) is 11.8 Å². The van der Waals surface area contributed by atoms with Gasteiger partial charge in [-0.3, -0.25) is 0 Å². The zero-order chi connectivity index (χ0) is 29.9. The molecule has 232 valence electrons. The Kier molecular flexibility index (Phi) is 8.91. The highest BCUT2D eigenvalue weighted by Gasteiger charge is 2.27. The number of halogens is 1. The predicted octanol–water partition coefficient (Wildman–Crippen LogP) is 6.37. The number of hydrogen-bond donors (Lipinski definition) is 3. The molecule has 5 heterocycles. The first-order valence-electron chi connectivity index (χ1n) is 16.5. The van der Waals surface area contributed by atoms with E-state index in [0.29, 0.717) is 17.0 Å². The second-order valence-electron chi connectivity index (χ2n) is 13.1. The largest absolute Gasteiger partial charge is 0.399 e. The number of fused-ring (bicyclic) bond motifs is 1. The molecule has 3 fully saturated rings. The van der Waals surface area contributed by atoms with Crippen LogP contribution in [0.4, 0.5) is 17.3 Å². The maximum Gasteiger partial charge on any atom is 0.223 e. The van der Waals surface area contributed by atoms with Crippen molar-refractivity contribution < 1.29 is 0 Å². The lowest BCUT2D eigenvalue weighted by molar-refractivity contribution is 0.141. The molecule has 4 N–H and O–H groups in total. The van der Waals surface area contributed by atoms with Crippen molar-refractivity contribution in [1.82, 2.24) is 24.8 Å². The maximum atomic E-state index is 6.55. The summed E-state index contributed by atoms with van der Waals surface area (Å²) in [5, 5.41) is 5.28. The molecule has 0 saturated carbocycles. The van der Waals surface area contributed by atoms with Gasteiger partial charge in [0.05, 0.1) is 16.9 Å². The molecule has 7 rings (SSSR count). The molecule has 9 heteroatoms. The summed E-state index contributed by atoms with van der Waals surface area (Å²) in [6, 6.07) is 17.0. The number of nitrogens with zero attached hydrogens (tertiary/aromatic N) is 5. The Morgan fingerprint density at radius 1 is 0.886 bits per heavy atom. The summed E-state index contributed by atoms with van der Waals surface area (Å²) < 4.78 is 0. The number of hydrogen-bond acceptors (Lipinski definition) is 7. The number of benzene rings is 2. The number of nitrogen functional groups attached to an aromatic ring is 1. The normalized spacial score (nSPS) is 20.9. The highest BCUT2D eigenvalue weighted by molar-refractivity contribution is 6.33. The van der Waals surface area contributed by atoms with Gasteiger partial charge in [-0.15, -0.1) is 0 Å². The Balaban J connectivity index is 0.825. The van der Waals surface area contributed by atoms with E-state index in [1.165, 1.54) is 64.0 Å². The third-order valence-corrected chi connectivity index (χ3v) is 10.4. The number of piperidine rings is 2. The smallest absolute Gasteiger partial charge is 0.223 e. The molecule has 1 atom stereocenters. The van der Waals surface area contributed by atoms with Crippen molar-refractivity contribution >= 4 is 39.8 Å². The van der Waals surface area contributed by atoms with Gasteiger partial charge >= 0.3 is 0 Å². The van der Waals surface area contributed by atoms with Crippen molar-refractivity contribution in [1.29, 1.82) is 0 Å². The second kappa shape index (κ2) is 13.3. The zero-order valence-electron chi connectivity index (χ0n) is 25.6. The van der Waals surface area contributed by atoms with Crippen LogP contribution in [0.3, 0.4) is 0 Å². The first-order chi connectivity index (χ1) is 21.6. The SMILES string of the molecule is Nc1ccc(N2CCC(CN3CCC(CCN4CC[C@@H](Nc5ncc(Cl)c(-c6c[nH]c7ccccc67)n5)C4)CC3)CC2)cc1. The van der Waals surface area contributed by atoms with Crippen LogP contribution in [0.15, 0.2) is 60.9 Å². The predicted molar refractivity (Wildman–Crippen MR) is 182 cm³/mol.